The van der Waals surface area contributed by atoms with Crippen molar-refractivity contribution in [3.05, 3.63) is 115 Å². The van der Waals surface area contributed by atoms with Gasteiger partial charge in [0.05, 0.1) is 39.0 Å². The van der Waals surface area contributed by atoms with Gasteiger partial charge in [-0.05, 0) is 35.7 Å². The Kier molecular flexibility index (Phi) is 8.47. The minimum absolute atomic E-state index is 0.00144. The lowest BCUT2D eigenvalue weighted by Crippen LogP contribution is -2.33. The zero-order valence-electron chi connectivity index (χ0n) is 24.9. The van der Waals surface area contributed by atoms with Gasteiger partial charge in [-0.25, -0.2) is 4.98 Å². The summed E-state index contributed by atoms with van der Waals surface area (Å²) in [6, 6.07) is 13.8. The second kappa shape index (κ2) is 12.2. The van der Waals surface area contributed by atoms with Crippen LogP contribution in [0, 0.1) is 10.4 Å². The Morgan fingerprint density at radius 1 is 0.740 bits per heavy atom. The Bertz CT molecular complexity index is 2970. The minimum Gasteiger partial charge on any atom is -0.506 e. The lowest BCUT2D eigenvalue weighted by molar-refractivity contribution is 0.201. The number of fused-ring (bicyclic) bond motifs is 2. The number of rotatable bonds is 9. The first-order valence-corrected chi connectivity index (χ1v) is 18.3. The monoisotopic (exact) mass is 742 g/mol. The summed E-state index contributed by atoms with van der Waals surface area (Å²) in [7, 11) is -15.0. The van der Waals surface area contributed by atoms with Crippen molar-refractivity contribution in [1.82, 2.24) is 4.98 Å². The van der Waals surface area contributed by atoms with Gasteiger partial charge < -0.3 is 20.3 Å². The largest absolute Gasteiger partial charge is 0.506 e. The maximum atomic E-state index is 14.2. The van der Waals surface area contributed by atoms with Crippen LogP contribution in [0.1, 0.15) is 5.56 Å². The van der Waals surface area contributed by atoms with Crippen LogP contribution < -0.4 is 26.3 Å². The first-order chi connectivity index (χ1) is 23.4. The molecule has 0 spiro atoms. The number of ether oxygens (including phenoxy) is 1. The van der Waals surface area contributed by atoms with E-state index in [9.17, 15) is 53.6 Å². The Hall–Kier alpha value is -5.28. The summed E-state index contributed by atoms with van der Waals surface area (Å²) in [5.41, 5.74) is -3.97. The fourth-order valence-corrected chi connectivity index (χ4v) is 7.44. The van der Waals surface area contributed by atoms with Gasteiger partial charge in [0.1, 0.15) is 27.9 Å². The molecule has 1 aliphatic heterocycles. The van der Waals surface area contributed by atoms with Gasteiger partial charge in [-0.2, -0.15) is 25.3 Å². The van der Waals surface area contributed by atoms with Crippen LogP contribution >= 0.6 is 0 Å². The predicted octanol–water partition coefficient (Wildman–Crippen LogP) is 1.56. The van der Waals surface area contributed by atoms with Gasteiger partial charge in [0.15, 0.2) is 5.43 Å². The van der Waals surface area contributed by atoms with Crippen molar-refractivity contribution in [2.24, 2.45) is 0 Å². The number of nitrogens with one attached hydrogen (secondary N) is 1. The van der Waals surface area contributed by atoms with Crippen molar-refractivity contribution in [3.8, 4) is 5.75 Å². The molecule has 0 radical (unpaired) electrons. The van der Waals surface area contributed by atoms with Crippen molar-refractivity contribution in [2.75, 3.05) is 18.5 Å². The smallest absolute Gasteiger partial charge is 0.296 e. The summed E-state index contributed by atoms with van der Waals surface area (Å²) < 4.78 is 109. The molecule has 6 N–H and O–H groups in total. The molecule has 4 aromatic carbocycles. The molecule has 0 aromatic heterocycles. The van der Waals surface area contributed by atoms with E-state index < -0.39 is 95.9 Å². The molecule has 6 rings (SSSR count). The zero-order valence-corrected chi connectivity index (χ0v) is 27.4. The molecule has 0 bridgehead atoms. The first-order valence-electron chi connectivity index (χ1n) is 14.0. The second-order valence-corrected chi connectivity index (χ2v) is 14.9. The molecule has 50 heavy (non-hydrogen) atoms. The van der Waals surface area contributed by atoms with Crippen molar-refractivity contribution in [3.63, 3.8) is 0 Å². The van der Waals surface area contributed by atoms with Crippen LogP contribution in [0.5, 0.6) is 5.75 Å². The molecule has 0 unspecified atom stereocenters. The van der Waals surface area contributed by atoms with Crippen LogP contribution in [-0.2, 0) is 30.4 Å². The van der Waals surface area contributed by atoms with Crippen LogP contribution in [-0.4, -0.2) is 67.3 Å². The number of anilines is 2. The highest BCUT2D eigenvalue weighted by molar-refractivity contribution is 7.86. The summed E-state index contributed by atoms with van der Waals surface area (Å²) in [6.45, 7) is -0.649. The van der Waals surface area contributed by atoms with Crippen LogP contribution in [0.3, 0.4) is 0 Å². The Morgan fingerprint density at radius 3 is 2.06 bits per heavy atom. The van der Waals surface area contributed by atoms with Gasteiger partial charge in [-0.1, -0.05) is 36.4 Å². The van der Waals surface area contributed by atoms with Gasteiger partial charge in [0.2, 0.25) is 0 Å². The molecule has 4 aromatic rings. The standard InChI is InChI=1S/C31H22N2O14S3/c34-10-11-47-16-8-9-22(49(41,42)43)20(13-16)32-21-14-23(50(44,45)46)28-26-24(18-6-1-2-7-19(18)30(36)25(21)26)27(31(37)33-28)29(35)15-4-3-5-17(12-15)48(38,39)40/h1-9,12-14,32,34-35H,10-11H2,(H,38,39,40)(H,41,42,43)(H,44,45,46). The fraction of sp³-hybridized carbons (Fsp3) is 0.0645. The Labute approximate surface area is 280 Å². The van der Waals surface area contributed by atoms with Crippen molar-refractivity contribution >= 4 is 69.2 Å². The first kappa shape index (κ1) is 34.6. The number of aliphatic hydroxyl groups is 2. The SMILES string of the molecule is O=c1nc2c(S(=O)(=O)O)cc(Nc3cc(OCCO)ccc3S(=O)(=O)O)c3c2=c(c1=C(O)c1cccc(S(=O)(=O)O)c1)c1ccccc1c3=O. The number of aromatic nitrogens is 1. The second-order valence-electron chi connectivity index (χ2n) is 10.7. The van der Waals surface area contributed by atoms with E-state index in [1.54, 1.807) is 0 Å². The minimum atomic E-state index is -5.28. The quantitative estimate of drug-likeness (QED) is 0.115. The topological polar surface area (TPSA) is 272 Å². The number of hydrogen-bond donors (Lipinski definition) is 6. The van der Waals surface area contributed by atoms with E-state index in [0.29, 0.717) is 0 Å². The van der Waals surface area contributed by atoms with E-state index in [1.807, 2.05) is 0 Å². The number of nitrogens with zero attached hydrogens (tertiary/aromatic N) is 1. The Balaban J connectivity index is 1.87. The van der Waals surface area contributed by atoms with Gasteiger partial charge >= 0.3 is 0 Å². The molecular formula is C31H22N2O14S3. The lowest BCUT2D eigenvalue weighted by atomic mass is 9.96. The third kappa shape index (κ3) is 6.07. The summed E-state index contributed by atoms with van der Waals surface area (Å²) >= 11 is 0. The van der Waals surface area contributed by atoms with Gasteiger partial charge in [0, 0.05) is 27.5 Å². The summed E-state index contributed by atoms with van der Waals surface area (Å²) in [5, 5.41) is 21.5. The molecule has 0 saturated carbocycles. The molecule has 1 aliphatic carbocycles. The molecule has 0 amide bonds. The van der Waals surface area contributed by atoms with Crippen LogP contribution in [0.25, 0.3) is 27.4 Å². The van der Waals surface area contributed by atoms with Crippen molar-refractivity contribution in [2.45, 2.75) is 14.7 Å². The average Bonchev–Trinajstić information content (AvgIpc) is 3.04. The van der Waals surface area contributed by atoms with Crippen LogP contribution in [0.2, 0.25) is 0 Å². The summed E-state index contributed by atoms with van der Waals surface area (Å²) in [5.74, 6) is -0.906. The molecule has 0 atom stereocenters. The lowest BCUT2D eigenvalue weighted by Gasteiger charge is -2.17. The molecule has 0 fully saturated rings. The fourth-order valence-electron chi connectivity index (χ4n) is 5.62. The van der Waals surface area contributed by atoms with Gasteiger partial charge in [-0.15, -0.1) is 0 Å². The maximum Gasteiger partial charge on any atom is 0.296 e. The highest BCUT2D eigenvalue weighted by Crippen LogP contribution is 2.35. The van der Waals surface area contributed by atoms with E-state index in [2.05, 4.69) is 10.3 Å². The third-order valence-corrected chi connectivity index (χ3v) is 10.3. The molecule has 19 heteroatoms. The van der Waals surface area contributed by atoms with Gasteiger partial charge in [-0.3, -0.25) is 23.2 Å². The molecule has 1 heterocycles. The summed E-state index contributed by atoms with van der Waals surface area (Å²) in [4.78, 5) is 29.3. The highest BCUT2D eigenvalue weighted by Gasteiger charge is 2.26. The molecule has 16 nitrogen and oxygen atoms in total. The molecular weight excluding hydrogens is 721 g/mol. The zero-order chi connectivity index (χ0) is 36.3. The predicted molar refractivity (Wildman–Crippen MR) is 177 cm³/mol. The number of benzene rings is 4. The van der Waals surface area contributed by atoms with Crippen molar-refractivity contribution in [1.29, 1.82) is 0 Å². The van der Waals surface area contributed by atoms with Gasteiger partial charge in [0.25, 0.3) is 35.9 Å². The number of aliphatic hydroxyl groups excluding tert-OH is 2. The normalized spacial score (nSPS) is 13.2. The van der Waals surface area contributed by atoms with E-state index in [0.717, 1.165) is 42.5 Å². The van der Waals surface area contributed by atoms with E-state index in [1.165, 1.54) is 30.3 Å². The van der Waals surface area contributed by atoms with E-state index in [-0.39, 0.29) is 39.1 Å². The molecule has 0 saturated heterocycles. The van der Waals surface area contributed by atoms with E-state index in [4.69, 9.17) is 9.84 Å². The summed E-state index contributed by atoms with van der Waals surface area (Å²) in [6.07, 6.45) is 0. The van der Waals surface area contributed by atoms with E-state index >= 15 is 0 Å². The molecule has 2 aliphatic rings. The average molecular weight is 743 g/mol. The third-order valence-electron chi connectivity index (χ3n) is 7.64. The number of hydrogen-bond acceptors (Lipinski definition) is 13. The maximum absolute atomic E-state index is 14.2. The Morgan fingerprint density at radius 2 is 1.42 bits per heavy atom. The highest BCUT2D eigenvalue weighted by atomic mass is 32.2. The van der Waals surface area contributed by atoms with Crippen LogP contribution in [0.4, 0.5) is 11.4 Å². The van der Waals surface area contributed by atoms with Crippen molar-refractivity contribution < 1.29 is 53.9 Å². The van der Waals surface area contributed by atoms with Crippen LogP contribution in [0.15, 0.2) is 97.1 Å². The molecule has 258 valence electrons.